The highest BCUT2D eigenvalue weighted by Crippen LogP contribution is 2.21. The van der Waals surface area contributed by atoms with Gasteiger partial charge < -0.3 is 16.2 Å². The number of amides is 1. The Hall–Kier alpha value is -1.36. The molecule has 0 fully saturated rings. The summed E-state index contributed by atoms with van der Waals surface area (Å²) in [5, 5.41) is 0. The molecule has 0 aliphatic carbocycles. The number of carbonyl (C=O) groups is 1. The van der Waals surface area contributed by atoms with Crippen LogP contribution in [-0.2, 0) is 0 Å². The van der Waals surface area contributed by atoms with E-state index in [2.05, 4.69) is 0 Å². The van der Waals surface area contributed by atoms with Crippen LogP contribution in [0.4, 0.5) is 5.69 Å². The van der Waals surface area contributed by atoms with Gasteiger partial charge in [-0.1, -0.05) is 0 Å². The predicted octanol–water partition coefficient (Wildman–Crippen LogP) is 1.50. The molecule has 4 N–H and O–H groups in total. The van der Waals surface area contributed by atoms with E-state index in [1.165, 1.54) is 0 Å². The zero-order valence-corrected chi connectivity index (χ0v) is 10.0. The number of benzene rings is 1. The molecule has 5 heteroatoms. The zero-order chi connectivity index (χ0) is 12.0. The Bertz CT molecular complexity index is 369. The molecule has 1 amide bonds. The number of primary amides is 1. The van der Waals surface area contributed by atoms with Crippen molar-refractivity contribution in [2.75, 3.05) is 24.3 Å². The van der Waals surface area contributed by atoms with Gasteiger partial charge in [-0.25, -0.2) is 0 Å². The minimum absolute atomic E-state index is 0.373. The van der Waals surface area contributed by atoms with Crippen molar-refractivity contribution in [2.45, 2.75) is 6.42 Å². The molecular weight excluding hydrogens is 224 g/mol. The van der Waals surface area contributed by atoms with Gasteiger partial charge in [0.1, 0.15) is 5.75 Å². The summed E-state index contributed by atoms with van der Waals surface area (Å²) in [6, 6.07) is 4.84. The molecule has 0 radical (unpaired) electrons. The molecule has 0 atom stereocenters. The maximum Gasteiger partial charge on any atom is 0.252 e. The van der Waals surface area contributed by atoms with E-state index in [-0.39, 0.29) is 0 Å². The first kappa shape index (κ1) is 12.7. The van der Waals surface area contributed by atoms with Gasteiger partial charge in [-0.3, -0.25) is 4.79 Å². The molecule has 1 aromatic rings. The smallest absolute Gasteiger partial charge is 0.252 e. The third-order valence-electron chi connectivity index (χ3n) is 2.02. The van der Waals surface area contributed by atoms with Crippen molar-refractivity contribution in [3.8, 4) is 5.75 Å². The van der Waals surface area contributed by atoms with Crippen LogP contribution in [0.3, 0.4) is 0 Å². The van der Waals surface area contributed by atoms with E-state index in [4.69, 9.17) is 16.2 Å². The van der Waals surface area contributed by atoms with E-state index < -0.39 is 5.91 Å². The molecule has 0 saturated carbocycles. The van der Waals surface area contributed by atoms with E-state index in [0.29, 0.717) is 23.6 Å². The Morgan fingerprint density at radius 3 is 2.88 bits per heavy atom. The van der Waals surface area contributed by atoms with Crippen molar-refractivity contribution in [1.29, 1.82) is 0 Å². The van der Waals surface area contributed by atoms with Crippen molar-refractivity contribution >= 4 is 23.4 Å². The van der Waals surface area contributed by atoms with E-state index in [0.717, 1.165) is 12.2 Å². The lowest BCUT2D eigenvalue weighted by Gasteiger charge is -2.09. The van der Waals surface area contributed by atoms with E-state index in [9.17, 15) is 4.79 Å². The largest absolute Gasteiger partial charge is 0.493 e. The highest BCUT2D eigenvalue weighted by atomic mass is 32.2. The molecule has 0 aromatic heterocycles. The van der Waals surface area contributed by atoms with Gasteiger partial charge in [-0.15, -0.1) is 0 Å². The standard InChI is InChI=1S/C11H16N2O2S/c1-16-6-2-5-15-10-7-8(12)3-4-9(10)11(13)14/h3-4,7H,2,5-6,12H2,1H3,(H2,13,14). The average molecular weight is 240 g/mol. The highest BCUT2D eigenvalue weighted by molar-refractivity contribution is 7.98. The van der Waals surface area contributed by atoms with Crippen molar-refractivity contribution in [2.24, 2.45) is 5.73 Å². The monoisotopic (exact) mass is 240 g/mol. The lowest BCUT2D eigenvalue weighted by molar-refractivity contribution is 0.0996. The van der Waals surface area contributed by atoms with E-state index >= 15 is 0 Å². The van der Waals surface area contributed by atoms with Crippen LogP contribution in [0, 0.1) is 0 Å². The van der Waals surface area contributed by atoms with Gasteiger partial charge >= 0.3 is 0 Å². The minimum atomic E-state index is -0.500. The Morgan fingerprint density at radius 1 is 1.50 bits per heavy atom. The quantitative estimate of drug-likeness (QED) is 0.583. The first-order valence-corrected chi connectivity index (χ1v) is 6.35. The third kappa shape index (κ3) is 3.66. The summed E-state index contributed by atoms with van der Waals surface area (Å²) >= 11 is 1.75. The minimum Gasteiger partial charge on any atom is -0.493 e. The van der Waals surface area contributed by atoms with Crippen LogP contribution in [0.15, 0.2) is 18.2 Å². The molecule has 0 aliphatic heterocycles. The summed E-state index contributed by atoms with van der Waals surface area (Å²) in [5.74, 6) is 0.988. The first-order chi connectivity index (χ1) is 7.65. The summed E-state index contributed by atoms with van der Waals surface area (Å²) in [6.07, 6.45) is 2.96. The fourth-order valence-corrected chi connectivity index (χ4v) is 1.65. The molecule has 0 spiro atoms. The maximum atomic E-state index is 11.1. The van der Waals surface area contributed by atoms with Crippen molar-refractivity contribution in [3.05, 3.63) is 23.8 Å². The SMILES string of the molecule is CSCCCOc1cc(N)ccc1C(N)=O. The van der Waals surface area contributed by atoms with Crippen LogP contribution in [0.2, 0.25) is 0 Å². The van der Waals surface area contributed by atoms with Crippen molar-refractivity contribution in [3.63, 3.8) is 0 Å². The zero-order valence-electron chi connectivity index (χ0n) is 9.23. The van der Waals surface area contributed by atoms with Crippen LogP contribution in [0.1, 0.15) is 16.8 Å². The number of rotatable bonds is 6. The van der Waals surface area contributed by atoms with Crippen LogP contribution < -0.4 is 16.2 Å². The average Bonchev–Trinajstić information content (AvgIpc) is 2.24. The molecule has 88 valence electrons. The molecule has 0 saturated heterocycles. The van der Waals surface area contributed by atoms with Gasteiger partial charge in [-0.2, -0.15) is 11.8 Å². The second-order valence-electron chi connectivity index (χ2n) is 3.31. The Balaban J connectivity index is 2.68. The highest BCUT2D eigenvalue weighted by Gasteiger charge is 2.09. The fraction of sp³-hybridized carbons (Fsp3) is 0.364. The van der Waals surface area contributed by atoms with E-state index in [1.54, 1.807) is 30.0 Å². The molecule has 1 rings (SSSR count). The van der Waals surface area contributed by atoms with Crippen LogP contribution in [-0.4, -0.2) is 24.5 Å². The van der Waals surface area contributed by atoms with Crippen molar-refractivity contribution < 1.29 is 9.53 Å². The molecule has 4 nitrogen and oxygen atoms in total. The van der Waals surface area contributed by atoms with Gasteiger partial charge in [-0.05, 0) is 30.6 Å². The van der Waals surface area contributed by atoms with Crippen molar-refractivity contribution in [1.82, 2.24) is 0 Å². The molecule has 0 unspecified atom stereocenters. The van der Waals surface area contributed by atoms with Gasteiger partial charge in [0.25, 0.3) is 5.91 Å². The number of carbonyl (C=O) groups excluding carboxylic acids is 1. The van der Waals surface area contributed by atoms with Gasteiger partial charge in [0.2, 0.25) is 0 Å². The van der Waals surface area contributed by atoms with Crippen LogP contribution in [0.25, 0.3) is 0 Å². The molecule has 0 heterocycles. The van der Waals surface area contributed by atoms with Crippen LogP contribution in [0.5, 0.6) is 5.75 Å². The summed E-state index contributed by atoms with van der Waals surface area (Å²) < 4.78 is 5.49. The summed E-state index contributed by atoms with van der Waals surface area (Å²) in [4.78, 5) is 11.1. The summed E-state index contributed by atoms with van der Waals surface area (Å²) in [5.41, 5.74) is 11.8. The number of nitrogen functional groups attached to an aromatic ring is 1. The lowest BCUT2D eigenvalue weighted by atomic mass is 10.1. The Kier molecular flexibility index (Phi) is 4.98. The summed E-state index contributed by atoms with van der Waals surface area (Å²) in [6.45, 7) is 0.560. The third-order valence-corrected chi connectivity index (χ3v) is 2.72. The number of thioether (sulfide) groups is 1. The normalized spacial score (nSPS) is 10.1. The number of hydrogen-bond donors (Lipinski definition) is 2. The predicted molar refractivity (Wildman–Crippen MR) is 67.9 cm³/mol. The Morgan fingerprint density at radius 2 is 2.25 bits per heavy atom. The van der Waals surface area contributed by atoms with Gasteiger partial charge in [0.15, 0.2) is 0 Å². The van der Waals surface area contributed by atoms with Crippen LogP contribution >= 0.6 is 11.8 Å². The van der Waals surface area contributed by atoms with E-state index in [1.807, 2.05) is 6.26 Å². The van der Waals surface area contributed by atoms with Gasteiger partial charge in [0.05, 0.1) is 12.2 Å². The first-order valence-electron chi connectivity index (χ1n) is 4.96. The fourth-order valence-electron chi connectivity index (χ4n) is 1.25. The molecule has 0 bridgehead atoms. The molecular formula is C11H16N2O2S. The molecule has 0 aliphatic rings. The molecule has 16 heavy (non-hydrogen) atoms. The number of hydrogen-bond acceptors (Lipinski definition) is 4. The lowest BCUT2D eigenvalue weighted by Crippen LogP contribution is -2.13. The molecule has 1 aromatic carbocycles. The summed E-state index contributed by atoms with van der Waals surface area (Å²) in [7, 11) is 0. The van der Waals surface area contributed by atoms with Gasteiger partial charge in [0, 0.05) is 11.8 Å². The number of ether oxygens (including phenoxy) is 1. The number of nitrogens with two attached hydrogens (primary N) is 2. The maximum absolute atomic E-state index is 11.1. The topological polar surface area (TPSA) is 78.3 Å². The second kappa shape index (κ2) is 6.27. The Labute approximate surface area is 99.3 Å². The second-order valence-corrected chi connectivity index (χ2v) is 4.30. The number of anilines is 1.